The first-order valence-electron chi connectivity index (χ1n) is 5.02. The van der Waals surface area contributed by atoms with E-state index in [1.807, 2.05) is 20.0 Å². The van der Waals surface area contributed by atoms with Crippen molar-refractivity contribution in [2.24, 2.45) is 0 Å². The van der Waals surface area contributed by atoms with Gasteiger partial charge in [-0.05, 0) is 20.0 Å². The van der Waals surface area contributed by atoms with E-state index >= 15 is 0 Å². The van der Waals surface area contributed by atoms with Crippen molar-refractivity contribution in [3.63, 3.8) is 0 Å². The first-order chi connectivity index (χ1) is 7.02. The van der Waals surface area contributed by atoms with Crippen LogP contribution in [0.5, 0.6) is 0 Å². The molecule has 4 nitrogen and oxygen atoms in total. The molecule has 0 aromatic rings. The Hall–Kier alpha value is -0.653. The van der Waals surface area contributed by atoms with Gasteiger partial charge in [0.15, 0.2) is 0 Å². The topological polar surface area (TPSA) is 44.8 Å². The second-order valence-electron chi connectivity index (χ2n) is 3.62. The zero-order chi connectivity index (χ0) is 11.7. The van der Waals surface area contributed by atoms with E-state index < -0.39 is 14.3 Å². The Morgan fingerprint density at radius 3 is 2.60 bits per heavy atom. The molecule has 0 bridgehead atoms. The minimum absolute atomic E-state index is 0.351. The van der Waals surface area contributed by atoms with Crippen molar-refractivity contribution in [3.8, 4) is 0 Å². The SMILES string of the molecule is C=CC(=O)OC[Si](C)(C)OCCOCC. The molecule has 0 fully saturated rings. The Bertz CT molecular complexity index is 204. The summed E-state index contributed by atoms with van der Waals surface area (Å²) in [5.74, 6) is -0.399. The van der Waals surface area contributed by atoms with Gasteiger partial charge in [0.25, 0.3) is 0 Å². The van der Waals surface area contributed by atoms with Crippen LogP contribution >= 0.6 is 0 Å². The maximum Gasteiger partial charge on any atom is 0.329 e. The van der Waals surface area contributed by atoms with Crippen LogP contribution in [0.15, 0.2) is 12.7 Å². The zero-order valence-electron chi connectivity index (χ0n) is 9.75. The number of carbonyl (C=O) groups excluding carboxylic acids is 1. The van der Waals surface area contributed by atoms with Crippen molar-refractivity contribution < 1.29 is 18.7 Å². The summed E-state index contributed by atoms with van der Waals surface area (Å²) in [5, 5.41) is 0. The molecule has 0 aliphatic rings. The van der Waals surface area contributed by atoms with Crippen LogP contribution in [0.25, 0.3) is 0 Å². The maximum atomic E-state index is 10.8. The number of ether oxygens (including phenoxy) is 2. The number of rotatable bonds is 8. The van der Waals surface area contributed by atoms with Crippen molar-refractivity contribution >= 4 is 14.3 Å². The molecule has 0 saturated heterocycles. The van der Waals surface area contributed by atoms with Gasteiger partial charge < -0.3 is 13.9 Å². The van der Waals surface area contributed by atoms with Crippen LogP contribution in [0.1, 0.15) is 6.92 Å². The summed E-state index contributed by atoms with van der Waals surface area (Å²) in [7, 11) is -1.90. The van der Waals surface area contributed by atoms with Crippen LogP contribution in [0.2, 0.25) is 13.1 Å². The Morgan fingerprint density at radius 2 is 2.07 bits per heavy atom. The molecule has 0 aromatic carbocycles. The standard InChI is InChI=1S/C10H20O4Si/c1-5-10(11)13-9-15(3,4)14-8-7-12-6-2/h5H,1,6-9H2,2-4H3. The summed E-state index contributed by atoms with van der Waals surface area (Å²) >= 11 is 0. The molecular formula is C10H20O4Si. The van der Waals surface area contributed by atoms with Gasteiger partial charge in [0.05, 0.1) is 13.2 Å². The van der Waals surface area contributed by atoms with Gasteiger partial charge in [-0.1, -0.05) is 6.58 Å². The summed E-state index contributed by atoms with van der Waals surface area (Å²) in [6.07, 6.45) is 1.51. The number of esters is 1. The minimum atomic E-state index is -1.90. The molecule has 0 aromatic heterocycles. The van der Waals surface area contributed by atoms with E-state index in [1.54, 1.807) is 0 Å². The van der Waals surface area contributed by atoms with Crippen LogP contribution in [0.3, 0.4) is 0 Å². The largest absolute Gasteiger partial charge is 0.463 e. The molecule has 5 heteroatoms. The van der Waals surface area contributed by atoms with Crippen molar-refractivity contribution in [1.82, 2.24) is 0 Å². The van der Waals surface area contributed by atoms with E-state index in [-0.39, 0.29) is 0 Å². The molecule has 0 rings (SSSR count). The van der Waals surface area contributed by atoms with Gasteiger partial charge in [-0.15, -0.1) is 0 Å². The highest BCUT2D eigenvalue weighted by Crippen LogP contribution is 2.04. The van der Waals surface area contributed by atoms with Gasteiger partial charge in [0.2, 0.25) is 8.32 Å². The Kier molecular flexibility index (Phi) is 7.28. The molecular weight excluding hydrogens is 212 g/mol. The van der Waals surface area contributed by atoms with Gasteiger partial charge in [0.1, 0.15) is 6.23 Å². The van der Waals surface area contributed by atoms with Gasteiger partial charge in [-0.25, -0.2) is 4.79 Å². The van der Waals surface area contributed by atoms with Gasteiger partial charge in [-0.2, -0.15) is 0 Å². The fourth-order valence-corrected chi connectivity index (χ4v) is 2.08. The minimum Gasteiger partial charge on any atom is -0.463 e. The Morgan fingerprint density at radius 1 is 1.40 bits per heavy atom. The molecule has 0 radical (unpaired) electrons. The number of hydrogen-bond acceptors (Lipinski definition) is 4. The van der Waals surface area contributed by atoms with Crippen molar-refractivity contribution in [2.75, 3.05) is 26.1 Å². The molecule has 0 unspecified atom stereocenters. The Labute approximate surface area is 92.3 Å². The van der Waals surface area contributed by atoms with Crippen LogP contribution < -0.4 is 0 Å². The number of hydrogen-bond donors (Lipinski definition) is 0. The lowest BCUT2D eigenvalue weighted by Crippen LogP contribution is -2.38. The summed E-state index contributed by atoms with van der Waals surface area (Å²) in [4.78, 5) is 10.8. The monoisotopic (exact) mass is 232 g/mol. The van der Waals surface area contributed by atoms with E-state index in [0.717, 1.165) is 6.08 Å². The van der Waals surface area contributed by atoms with Gasteiger partial charge >= 0.3 is 5.97 Å². The fourth-order valence-electron chi connectivity index (χ4n) is 0.867. The van der Waals surface area contributed by atoms with E-state index in [4.69, 9.17) is 13.9 Å². The second kappa shape index (κ2) is 7.61. The van der Waals surface area contributed by atoms with E-state index in [0.29, 0.717) is 26.1 Å². The predicted molar refractivity (Wildman–Crippen MR) is 61.1 cm³/mol. The third kappa shape index (κ3) is 8.35. The molecule has 0 amide bonds. The van der Waals surface area contributed by atoms with E-state index in [9.17, 15) is 4.79 Å². The first kappa shape index (κ1) is 14.3. The summed E-state index contributed by atoms with van der Waals surface area (Å²) < 4.78 is 15.7. The average Bonchev–Trinajstić information content (AvgIpc) is 2.21. The molecule has 0 spiro atoms. The molecule has 0 aliphatic heterocycles. The van der Waals surface area contributed by atoms with Gasteiger partial charge in [-0.3, -0.25) is 0 Å². The van der Waals surface area contributed by atoms with Gasteiger partial charge in [0, 0.05) is 12.7 Å². The third-order valence-electron chi connectivity index (χ3n) is 1.65. The number of carbonyl (C=O) groups is 1. The average molecular weight is 232 g/mol. The van der Waals surface area contributed by atoms with E-state index in [1.165, 1.54) is 0 Å². The van der Waals surface area contributed by atoms with Crippen molar-refractivity contribution in [2.45, 2.75) is 20.0 Å². The third-order valence-corrected chi connectivity index (χ3v) is 3.48. The van der Waals surface area contributed by atoms with Crippen LogP contribution in [0, 0.1) is 0 Å². The summed E-state index contributed by atoms with van der Waals surface area (Å²) in [6.45, 7) is 11.1. The molecule has 0 atom stereocenters. The lowest BCUT2D eigenvalue weighted by atomic mass is 10.7. The molecule has 0 aliphatic carbocycles. The zero-order valence-corrected chi connectivity index (χ0v) is 10.7. The molecule has 15 heavy (non-hydrogen) atoms. The summed E-state index contributed by atoms with van der Waals surface area (Å²) in [5.41, 5.74) is 0. The molecule has 0 saturated carbocycles. The van der Waals surface area contributed by atoms with E-state index in [2.05, 4.69) is 6.58 Å². The molecule has 88 valence electrons. The smallest absolute Gasteiger partial charge is 0.329 e. The Balaban J connectivity index is 3.66. The quantitative estimate of drug-likeness (QED) is 0.275. The van der Waals surface area contributed by atoms with Crippen molar-refractivity contribution in [3.05, 3.63) is 12.7 Å². The lowest BCUT2D eigenvalue weighted by Gasteiger charge is -2.21. The second-order valence-corrected chi connectivity index (χ2v) is 7.71. The normalized spacial score (nSPS) is 11.1. The highest BCUT2D eigenvalue weighted by Gasteiger charge is 2.24. The predicted octanol–water partition coefficient (Wildman–Crippen LogP) is 1.51. The first-order valence-corrected chi connectivity index (χ1v) is 8.14. The highest BCUT2D eigenvalue weighted by atomic mass is 28.4. The molecule has 0 heterocycles. The maximum absolute atomic E-state index is 10.8. The van der Waals surface area contributed by atoms with Crippen LogP contribution in [-0.2, 0) is 18.7 Å². The van der Waals surface area contributed by atoms with Crippen LogP contribution in [0.4, 0.5) is 0 Å². The molecule has 0 N–H and O–H groups in total. The van der Waals surface area contributed by atoms with Crippen molar-refractivity contribution in [1.29, 1.82) is 0 Å². The fraction of sp³-hybridized carbons (Fsp3) is 0.700. The van der Waals surface area contributed by atoms with Crippen LogP contribution in [-0.4, -0.2) is 40.3 Å². The highest BCUT2D eigenvalue weighted by molar-refractivity contribution is 6.71. The lowest BCUT2D eigenvalue weighted by molar-refractivity contribution is -0.136. The summed E-state index contributed by atoms with van der Waals surface area (Å²) in [6, 6.07) is 0.